The summed E-state index contributed by atoms with van der Waals surface area (Å²) in [4.78, 5) is 29.6. The summed E-state index contributed by atoms with van der Waals surface area (Å²) in [5.74, 6) is -5.06. The minimum absolute atomic E-state index is 0.0648. The average Bonchev–Trinajstić information content (AvgIpc) is 3.07. The number of esters is 1. The SMILES string of the molecule is CCCN(C(=O)CC(CC)C(=O)OC)c1nc2c(F)c(F)cc(F)c2s1. The van der Waals surface area contributed by atoms with Gasteiger partial charge < -0.3 is 4.74 Å². The Balaban J connectivity index is 2.39. The van der Waals surface area contributed by atoms with Gasteiger partial charge in [-0.3, -0.25) is 14.5 Å². The van der Waals surface area contributed by atoms with E-state index in [-0.39, 0.29) is 22.8 Å². The Labute approximate surface area is 152 Å². The van der Waals surface area contributed by atoms with Crippen LogP contribution >= 0.6 is 11.3 Å². The van der Waals surface area contributed by atoms with Crippen LogP contribution in [0, 0.1) is 23.4 Å². The molecule has 0 radical (unpaired) electrons. The van der Waals surface area contributed by atoms with Gasteiger partial charge in [-0.25, -0.2) is 18.2 Å². The zero-order chi connectivity index (χ0) is 19.4. The van der Waals surface area contributed by atoms with E-state index in [0.717, 1.165) is 11.3 Å². The van der Waals surface area contributed by atoms with E-state index in [2.05, 4.69) is 9.72 Å². The Morgan fingerprint density at radius 2 is 1.96 bits per heavy atom. The first-order valence-corrected chi connectivity index (χ1v) is 8.97. The normalized spacial score (nSPS) is 12.2. The maximum Gasteiger partial charge on any atom is 0.309 e. The molecular weight excluding hydrogens is 369 g/mol. The van der Waals surface area contributed by atoms with Crippen LogP contribution in [0.15, 0.2) is 6.07 Å². The molecule has 1 amide bonds. The van der Waals surface area contributed by atoms with Crippen LogP contribution in [0.4, 0.5) is 18.3 Å². The lowest BCUT2D eigenvalue weighted by molar-refractivity contribution is -0.147. The summed E-state index contributed by atoms with van der Waals surface area (Å²) >= 11 is 0.768. The first-order chi connectivity index (χ1) is 12.3. The van der Waals surface area contributed by atoms with Crippen molar-refractivity contribution in [1.82, 2.24) is 4.98 Å². The van der Waals surface area contributed by atoms with E-state index in [1.165, 1.54) is 12.0 Å². The number of benzene rings is 1. The fourth-order valence-electron chi connectivity index (χ4n) is 2.52. The van der Waals surface area contributed by atoms with E-state index in [0.29, 0.717) is 18.9 Å². The van der Waals surface area contributed by atoms with Crippen LogP contribution in [0.25, 0.3) is 10.2 Å². The van der Waals surface area contributed by atoms with Crippen molar-refractivity contribution in [2.24, 2.45) is 5.92 Å². The number of carbonyl (C=O) groups excluding carboxylic acids is 2. The topological polar surface area (TPSA) is 59.5 Å². The molecule has 0 aliphatic carbocycles. The van der Waals surface area contributed by atoms with E-state index in [1.807, 2.05) is 6.92 Å². The zero-order valence-corrected chi connectivity index (χ0v) is 15.5. The van der Waals surface area contributed by atoms with E-state index < -0.39 is 40.8 Å². The molecule has 2 aromatic rings. The number of halogens is 3. The Bertz CT molecular complexity index is 825. The summed E-state index contributed by atoms with van der Waals surface area (Å²) in [6.07, 6.45) is 0.862. The monoisotopic (exact) mass is 388 g/mol. The van der Waals surface area contributed by atoms with Crippen LogP contribution in [0.3, 0.4) is 0 Å². The third-order valence-electron chi connectivity index (χ3n) is 3.93. The molecule has 1 atom stereocenters. The number of fused-ring (bicyclic) bond motifs is 1. The second kappa shape index (κ2) is 8.48. The van der Waals surface area contributed by atoms with Gasteiger partial charge in [0.05, 0.1) is 17.7 Å². The van der Waals surface area contributed by atoms with Crippen LogP contribution in [0.1, 0.15) is 33.1 Å². The van der Waals surface area contributed by atoms with Gasteiger partial charge in [-0.1, -0.05) is 25.2 Å². The summed E-state index contributed by atoms with van der Waals surface area (Å²) in [7, 11) is 1.24. The Hall–Kier alpha value is -2.16. The van der Waals surface area contributed by atoms with Gasteiger partial charge in [0.15, 0.2) is 16.8 Å². The molecule has 1 aromatic heterocycles. The van der Waals surface area contributed by atoms with Crippen molar-refractivity contribution >= 4 is 38.6 Å². The molecule has 0 N–H and O–H groups in total. The molecule has 0 bridgehead atoms. The molecule has 0 fully saturated rings. The molecule has 0 spiro atoms. The highest BCUT2D eigenvalue weighted by Gasteiger charge is 2.27. The van der Waals surface area contributed by atoms with Crippen molar-refractivity contribution in [3.8, 4) is 0 Å². The molecular formula is C17H19F3N2O3S. The molecule has 2 rings (SSSR count). The second-order valence-corrected chi connectivity index (χ2v) is 6.68. The highest BCUT2D eigenvalue weighted by Crippen LogP contribution is 2.34. The number of hydrogen-bond acceptors (Lipinski definition) is 5. The molecule has 1 aromatic carbocycles. The standard InChI is InChI=1S/C17H19F3N2O3S/c1-4-6-22(12(23)7-9(5-2)16(24)25-3)17-21-14-13(20)10(18)8-11(19)15(14)26-17/h8-9H,4-7H2,1-3H3. The molecule has 1 unspecified atom stereocenters. The van der Waals surface area contributed by atoms with Crippen LogP contribution in [0.2, 0.25) is 0 Å². The molecule has 0 saturated carbocycles. The van der Waals surface area contributed by atoms with Crippen molar-refractivity contribution in [1.29, 1.82) is 0 Å². The van der Waals surface area contributed by atoms with Crippen molar-refractivity contribution in [2.75, 3.05) is 18.6 Å². The highest BCUT2D eigenvalue weighted by atomic mass is 32.1. The number of anilines is 1. The number of thiazole rings is 1. The summed E-state index contributed by atoms with van der Waals surface area (Å²) in [6, 6.07) is 0.454. The number of hydrogen-bond donors (Lipinski definition) is 0. The number of ether oxygens (including phenoxy) is 1. The number of methoxy groups -OCH3 is 1. The third kappa shape index (κ3) is 3.98. The predicted octanol–water partition coefficient (Wildman–Crippen LogP) is 4.05. The number of aromatic nitrogens is 1. The molecule has 9 heteroatoms. The summed E-state index contributed by atoms with van der Waals surface area (Å²) in [6.45, 7) is 3.83. The van der Waals surface area contributed by atoms with Gasteiger partial charge in [0.25, 0.3) is 0 Å². The van der Waals surface area contributed by atoms with Gasteiger partial charge in [0.2, 0.25) is 5.91 Å². The maximum atomic E-state index is 13.9. The van der Waals surface area contributed by atoms with E-state index in [9.17, 15) is 22.8 Å². The van der Waals surface area contributed by atoms with Crippen molar-refractivity contribution in [2.45, 2.75) is 33.1 Å². The average molecular weight is 388 g/mol. The minimum Gasteiger partial charge on any atom is -0.469 e. The Kier molecular flexibility index (Phi) is 6.57. The van der Waals surface area contributed by atoms with Gasteiger partial charge in [-0.15, -0.1) is 0 Å². The smallest absolute Gasteiger partial charge is 0.309 e. The summed E-state index contributed by atoms with van der Waals surface area (Å²) in [5, 5.41) is 0.0648. The fourth-order valence-corrected chi connectivity index (χ4v) is 3.53. The molecule has 0 aliphatic heterocycles. The molecule has 142 valence electrons. The van der Waals surface area contributed by atoms with Gasteiger partial charge in [-0.05, 0) is 12.8 Å². The molecule has 1 heterocycles. The first kappa shape index (κ1) is 20.2. The molecule has 0 aliphatic rings. The van der Waals surface area contributed by atoms with Gasteiger partial charge >= 0.3 is 5.97 Å². The van der Waals surface area contributed by atoms with Crippen LogP contribution in [-0.2, 0) is 14.3 Å². The lowest BCUT2D eigenvalue weighted by atomic mass is 10.0. The van der Waals surface area contributed by atoms with E-state index >= 15 is 0 Å². The number of amides is 1. The first-order valence-electron chi connectivity index (χ1n) is 8.16. The number of carbonyl (C=O) groups is 2. The summed E-state index contributed by atoms with van der Waals surface area (Å²) < 4.78 is 45.7. The quantitative estimate of drug-likeness (QED) is 0.530. The molecule has 5 nitrogen and oxygen atoms in total. The van der Waals surface area contributed by atoms with Gasteiger partial charge in [-0.2, -0.15) is 0 Å². The lowest BCUT2D eigenvalue weighted by Gasteiger charge is -2.21. The van der Waals surface area contributed by atoms with Crippen LogP contribution < -0.4 is 4.90 Å². The summed E-state index contributed by atoms with van der Waals surface area (Å²) in [5.41, 5.74) is -0.448. The van der Waals surface area contributed by atoms with Crippen LogP contribution in [0.5, 0.6) is 0 Å². The van der Waals surface area contributed by atoms with Gasteiger partial charge in [0, 0.05) is 19.0 Å². The number of nitrogens with zero attached hydrogens (tertiary/aromatic N) is 2. The molecule has 26 heavy (non-hydrogen) atoms. The zero-order valence-electron chi connectivity index (χ0n) is 14.6. The minimum atomic E-state index is -1.34. The third-order valence-corrected chi connectivity index (χ3v) is 5.02. The van der Waals surface area contributed by atoms with Crippen LogP contribution in [-0.4, -0.2) is 30.5 Å². The maximum absolute atomic E-state index is 13.9. The van der Waals surface area contributed by atoms with Crippen molar-refractivity contribution in [3.05, 3.63) is 23.5 Å². The Morgan fingerprint density at radius 1 is 1.27 bits per heavy atom. The second-order valence-electron chi connectivity index (χ2n) is 5.71. The van der Waals surface area contributed by atoms with E-state index in [4.69, 9.17) is 0 Å². The molecule has 0 saturated heterocycles. The van der Waals surface area contributed by atoms with E-state index in [1.54, 1.807) is 6.92 Å². The Morgan fingerprint density at radius 3 is 2.54 bits per heavy atom. The fraction of sp³-hybridized carbons (Fsp3) is 0.471. The predicted molar refractivity (Wildman–Crippen MR) is 92.6 cm³/mol. The largest absolute Gasteiger partial charge is 0.469 e. The lowest BCUT2D eigenvalue weighted by Crippen LogP contribution is -2.34. The van der Waals surface area contributed by atoms with Crippen molar-refractivity contribution < 1.29 is 27.5 Å². The number of rotatable bonds is 7. The van der Waals surface area contributed by atoms with Gasteiger partial charge in [0.1, 0.15) is 11.3 Å². The highest BCUT2D eigenvalue weighted by molar-refractivity contribution is 7.22. The van der Waals surface area contributed by atoms with Crippen molar-refractivity contribution in [3.63, 3.8) is 0 Å².